The highest BCUT2D eigenvalue weighted by atomic mass is 32.2. The molecule has 0 amide bonds. The lowest BCUT2D eigenvalue weighted by Gasteiger charge is -2.38. The molecule has 202 valence electrons. The Kier molecular flexibility index (Phi) is 8.94. The Morgan fingerprint density at radius 2 is 1.57 bits per heavy atom. The van der Waals surface area contributed by atoms with Gasteiger partial charge in [-0.2, -0.15) is 4.98 Å². The third-order valence-electron chi connectivity index (χ3n) is 8.13. The zero-order valence-electron chi connectivity index (χ0n) is 22.0. The summed E-state index contributed by atoms with van der Waals surface area (Å²) in [7, 11) is -3.28. The van der Waals surface area contributed by atoms with E-state index in [-0.39, 0.29) is 5.75 Å². The highest BCUT2D eigenvalue weighted by molar-refractivity contribution is 7.88. The first-order chi connectivity index (χ1) is 18.1. The van der Waals surface area contributed by atoms with E-state index in [2.05, 4.69) is 20.1 Å². The van der Waals surface area contributed by atoms with Gasteiger partial charge in [0.25, 0.3) is 0 Å². The van der Waals surface area contributed by atoms with E-state index in [1.807, 2.05) is 42.6 Å². The second-order valence-corrected chi connectivity index (χ2v) is 12.8. The van der Waals surface area contributed by atoms with E-state index in [1.165, 1.54) is 38.5 Å². The van der Waals surface area contributed by atoms with Crippen molar-refractivity contribution in [3.63, 3.8) is 0 Å². The molecular formula is C28H42N6O2S. The Hall–Kier alpha value is -2.23. The molecule has 1 atom stereocenters. The van der Waals surface area contributed by atoms with Crippen molar-refractivity contribution in [2.45, 2.75) is 75.6 Å². The number of anilines is 2. The molecule has 3 aliphatic rings. The van der Waals surface area contributed by atoms with Crippen LogP contribution >= 0.6 is 0 Å². The second kappa shape index (κ2) is 12.5. The number of hydrogen-bond acceptors (Lipinski definition) is 7. The fraction of sp³-hybridized carbons (Fsp3) is 0.643. The third kappa shape index (κ3) is 7.21. The van der Waals surface area contributed by atoms with E-state index in [0.29, 0.717) is 25.2 Å². The van der Waals surface area contributed by atoms with Crippen LogP contribution in [0, 0.1) is 0 Å². The number of likely N-dealkylation sites (tertiary alicyclic amines) is 1. The van der Waals surface area contributed by atoms with Crippen LogP contribution < -0.4 is 10.2 Å². The molecule has 1 aromatic heterocycles. The molecule has 3 saturated heterocycles. The maximum atomic E-state index is 13.0. The lowest BCUT2D eigenvalue weighted by atomic mass is 10.0. The van der Waals surface area contributed by atoms with Crippen LogP contribution in [0.1, 0.15) is 63.4 Å². The summed E-state index contributed by atoms with van der Waals surface area (Å²) in [6.45, 7) is 5.40. The number of nitrogens with zero attached hydrogens (tertiary/aromatic N) is 5. The molecule has 0 aliphatic carbocycles. The van der Waals surface area contributed by atoms with Gasteiger partial charge in [-0.15, -0.1) is 0 Å². The third-order valence-corrected chi connectivity index (χ3v) is 9.98. The van der Waals surface area contributed by atoms with E-state index >= 15 is 0 Å². The van der Waals surface area contributed by atoms with Crippen molar-refractivity contribution in [1.82, 2.24) is 19.2 Å². The monoisotopic (exact) mass is 526 g/mol. The van der Waals surface area contributed by atoms with Crippen LogP contribution in [0.5, 0.6) is 0 Å². The molecule has 37 heavy (non-hydrogen) atoms. The molecule has 4 heterocycles. The molecule has 3 fully saturated rings. The van der Waals surface area contributed by atoms with Crippen molar-refractivity contribution >= 4 is 21.8 Å². The SMILES string of the molecule is O=S(=O)(Cc1ccccc1)N1CCC(N2CCCCC(Nc3nccc(N4CCCCCC4)n3)C2)CC1. The number of hydrogen-bond donors (Lipinski definition) is 1. The van der Waals surface area contributed by atoms with Crippen molar-refractivity contribution in [1.29, 1.82) is 0 Å². The Morgan fingerprint density at radius 3 is 2.32 bits per heavy atom. The fourth-order valence-corrected chi connectivity index (χ4v) is 7.62. The number of rotatable bonds is 7. The van der Waals surface area contributed by atoms with Crippen LogP contribution in [0.4, 0.5) is 11.8 Å². The molecule has 2 aromatic rings. The average Bonchev–Trinajstić information content (AvgIpc) is 3.33. The van der Waals surface area contributed by atoms with Gasteiger partial charge in [-0.25, -0.2) is 17.7 Å². The van der Waals surface area contributed by atoms with Gasteiger partial charge in [-0.1, -0.05) is 49.6 Å². The van der Waals surface area contributed by atoms with Crippen LogP contribution in [0.3, 0.4) is 0 Å². The summed E-state index contributed by atoms with van der Waals surface area (Å²) < 4.78 is 27.7. The molecular weight excluding hydrogens is 484 g/mol. The first-order valence-corrected chi connectivity index (χ1v) is 15.8. The molecule has 1 aromatic carbocycles. The van der Waals surface area contributed by atoms with Gasteiger partial charge in [-0.05, 0) is 56.7 Å². The van der Waals surface area contributed by atoms with E-state index in [9.17, 15) is 8.42 Å². The van der Waals surface area contributed by atoms with Crippen molar-refractivity contribution in [3.05, 3.63) is 48.2 Å². The molecule has 1 N–H and O–H groups in total. The van der Waals surface area contributed by atoms with Crippen LogP contribution in [-0.4, -0.2) is 78.9 Å². The van der Waals surface area contributed by atoms with Gasteiger partial charge in [0.15, 0.2) is 0 Å². The Labute approximate surface area is 222 Å². The lowest BCUT2D eigenvalue weighted by molar-refractivity contribution is 0.140. The van der Waals surface area contributed by atoms with E-state index in [1.54, 1.807) is 4.31 Å². The molecule has 3 aliphatic heterocycles. The van der Waals surface area contributed by atoms with Crippen molar-refractivity contribution < 1.29 is 8.42 Å². The molecule has 5 rings (SSSR count). The normalized spacial score (nSPS) is 23.4. The highest BCUT2D eigenvalue weighted by Gasteiger charge is 2.32. The standard InChI is InChI=1S/C28H42N6O2S/c35-37(36,23-24-10-4-3-5-11-24)34-20-14-26(15-21-34)33-19-9-6-12-25(22-33)30-28-29-16-13-27(31-28)32-17-7-1-2-8-18-32/h3-5,10-11,13,16,25-26H,1-2,6-9,12,14-15,17-23H2,(H,29,30,31). The maximum absolute atomic E-state index is 13.0. The summed E-state index contributed by atoms with van der Waals surface area (Å²) in [6.07, 6.45) is 12.2. The van der Waals surface area contributed by atoms with Gasteiger partial charge in [0, 0.05) is 51.0 Å². The number of aromatic nitrogens is 2. The summed E-state index contributed by atoms with van der Waals surface area (Å²) in [4.78, 5) is 14.4. The maximum Gasteiger partial charge on any atom is 0.224 e. The minimum atomic E-state index is -3.28. The highest BCUT2D eigenvalue weighted by Crippen LogP contribution is 2.25. The van der Waals surface area contributed by atoms with E-state index in [4.69, 9.17) is 4.98 Å². The molecule has 0 spiro atoms. The first-order valence-electron chi connectivity index (χ1n) is 14.2. The summed E-state index contributed by atoms with van der Waals surface area (Å²) >= 11 is 0. The topological polar surface area (TPSA) is 81.7 Å². The minimum Gasteiger partial charge on any atom is -0.356 e. The molecule has 0 radical (unpaired) electrons. The Morgan fingerprint density at radius 1 is 0.838 bits per heavy atom. The molecule has 9 heteroatoms. The van der Waals surface area contributed by atoms with Gasteiger partial charge in [0.05, 0.1) is 5.75 Å². The number of piperidine rings is 1. The van der Waals surface area contributed by atoms with Crippen LogP contribution in [-0.2, 0) is 15.8 Å². The van der Waals surface area contributed by atoms with Crippen molar-refractivity contribution in [2.75, 3.05) is 49.5 Å². The molecule has 8 nitrogen and oxygen atoms in total. The summed E-state index contributed by atoms with van der Waals surface area (Å²) in [5, 5.41) is 3.65. The predicted octanol–water partition coefficient (Wildman–Crippen LogP) is 4.12. The van der Waals surface area contributed by atoms with Crippen LogP contribution in [0.15, 0.2) is 42.6 Å². The zero-order chi connectivity index (χ0) is 25.5. The van der Waals surface area contributed by atoms with Crippen molar-refractivity contribution in [3.8, 4) is 0 Å². The summed E-state index contributed by atoms with van der Waals surface area (Å²) in [5.74, 6) is 1.86. The van der Waals surface area contributed by atoms with Gasteiger partial charge < -0.3 is 10.2 Å². The predicted molar refractivity (Wildman–Crippen MR) is 149 cm³/mol. The summed E-state index contributed by atoms with van der Waals surface area (Å²) in [6, 6.07) is 12.3. The van der Waals surface area contributed by atoms with Crippen LogP contribution in [0.25, 0.3) is 0 Å². The van der Waals surface area contributed by atoms with Gasteiger partial charge in [0.1, 0.15) is 5.82 Å². The summed E-state index contributed by atoms with van der Waals surface area (Å²) in [5.41, 5.74) is 0.855. The van der Waals surface area contributed by atoms with E-state index in [0.717, 1.165) is 62.8 Å². The molecule has 1 unspecified atom stereocenters. The van der Waals surface area contributed by atoms with Gasteiger partial charge in [-0.3, -0.25) is 4.90 Å². The first kappa shape index (κ1) is 26.4. The minimum absolute atomic E-state index is 0.0880. The smallest absolute Gasteiger partial charge is 0.224 e. The fourth-order valence-electron chi connectivity index (χ4n) is 6.06. The lowest BCUT2D eigenvalue weighted by Crippen LogP contribution is -2.49. The molecule has 0 saturated carbocycles. The molecule has 0 bridgehead atoms. The van der Waals surface area contributed by atoms with Crippen LogP contribution in [0.2, 0.25) is 0 Å². The Balaban J connectivity index is 1.16. The number of sulfonamides is 1. The number of benzene rings is 1. The largest absolute Gasteiger partial charge is 0.356 e. The Bertz CT molecular complexity index is 1080. The average molecular weight is 527 g/mol. The van der Waals surface area contributed by atoms with Gasteiger partial charge >= 0.3 is 0 Å². The van der Waals surface area contributed by atoms with E-state index < -0.39 is 10.0 Å². The number of nitrogens with one attached hydrogen (secondary N) is 1. The quantitative estimate of drug-likeness (QED) is 0.581. The van der Waals surface area contributed by atoms with Gasteiger partial charge in [0.2, 0.25) is 16.0 Å². The second-order valence-electron chi connectivity index (χ2n) is 10.8. The van der Waals surface area contributed by atoms with Crippen molar-refractivity contribution in [2.24, 2.45) is 0 Å². The zero-order valence-corrected chi connectivity index (χ0v) is 22.8.